The quantitative estimate of drug-likeness (QED) is 0.180. The summed E-state index contributed by atoms with van der Waals surface area (Å²) in [5.41, 5.74) is 1.50. The molecule has 0 bridgehead atoms. The Morgan fingerprint density at radius 1 is 1.28 bits per heavy atom. The van der Waals surface area contributed by atoms with E-state index in [9.17, 15) is 9.59 Å². The molecule has 1 amide bonds. The standard InChI is InChI=1S/C25H27BrN4O4S2/c1-4-13-30-22(15(2)34-17-11-9-16(26)10-12-17)28-29-25(30)35-14-20(31)27-23-21(24(32)33-3)18-7-5-6-8-19(18)36-23/h4,9-12,15H,1,5-8,13-14H2,2-3H3,(H,27,31). The Morgan fingerprint density at radius 2 is 2.03 bits per heavy atom. The number of allylic oxidation sites excluding steroid dienone is 1. The number of fused-ring (bicyclic) bond motifs is 1. The van der Waals surface area contributed by atoms with Crippen LogP contribution in [0.15, 0.2) is 46.5 Å². The summed E-state index contributed by atoms with van der Waals surface area (Å²) in [4.78, 5) is 26.5. The van der Waals surface area contributed by atoms with Gasteiger partial charge in [-0.2, -0.15) is 0 Å². The molecule has 8 nitrogen and oxygen atoms in total. The Hall–Kier alpha value is -2.63. The summed E-state index contributed by atoms with van der Waals surface area (Å²) >= 11 is 6.16. The van der Waals surface area contributed by atoms with Crippen LogP contribution >= 0.6 is 39.0 Å². The molecular weight excluding hydrogens is 564 g/mol. The van der Waals surface area contributed by atoms with Crippen molar-refractivity contribution in [3.8, 4) is 5.75 Å². The van der Waals surface area contributed by atoms with Crippen molar-refractivity contribution >= 4 is 55.9 Å². The number of anilines is 1. The number of thiophene rings is 1. The van der Waals surface area contributed by atoms with Gasteiger partial charge in [-0.3, -0.25) is 9.36 Å². The minimum atomic E-state index is -0.410. The molecule has 0 radical (unpaired) electrons. The highest BCUT2D eigenvalue weighted by molar-refractivity contribution is 9.10. The molecule has 0 aliphatic heterocycles. The number of hydrogen-bond donors (Lipinski definition) is 1. The Kier molecular flexibility index (Phi) is 8.86. The van der Waals surface area contributed by atoms with Crippen LogP contribution in [0.4, 0.5) is 5.00 Å². The van der Waals surface area contributed by atoms with E-state index in [2.05, 4.69) is 38.0 Å². The average molecular weight is 592 g/mol. The Bertz CT molecular complexity index is 1260. The number of carbonyl (C=O) groups excluding carboxylic acids is 2. The summed E-state index contributed by atoms with van der Waals surface area (Å²) in [7, 11) is 1.36. The van der Waals surface area contributed by atoms with Crippen LogP contribution in [0, 0.1) is 0 Å². The van der Waals surface area contributed by atoms with E-state index in [4.69, 9.17) is 9.47 Å². The van der Waals surface area contributed by atoms with Gasteiger partial charge in [0.1, 0.15) is 10.8 Å². The van der Waals surface area contributed by atoms with E-state index in [0.29, 0.717) is 33.8 Å². The smallest absolute Gasteiger partial charge is 0.341 e. The minimum Gasteiger partial charge on any atom is -0.483 e. The van der Waals surface area contributed by atoms with Gasteiger partial charge in [0, 0.05) is 15.9 Å². The van der Waals surface area contributed by atoms with Crippen molar-refractivity contribution in [3.05, 3.63) is 63.2 Å². The van der Waals surface area contributed by atoms with Gasteiger partial charge in [0.15, 0.2) is 17.1 Å². The zero-order valence-electron chi connectivity index (χ0n) is 20.1. The van der Waals surface area contributed by atoms with E-state index in [-0.39, 0.29) is 17.8 Å². The molecule has 36 heavy (non-hydrogen) atoms. The summed E-state index contributed by atoms with van der Waals surface area (Å²) in [6.07, 6.45) is 5.26. The number of rotatable bonds is 10. The second kappa shape index (κ2) is 12.1. The van der Waals surface area contributed by atoms with Gasteiger partial charge in [0.05, 0.1) is 18.4 Å². The largest absolute Gasteiger partial charge is 0.483 e. The Balaban J connectivity index is 1.45. The van der Waals surface area contributed by atoms with Crippen molar-refractivity contribution < 1.29 is 19.1 Å². The van der Waals surface area contributed by atoms with Crippen LogP contribution in [-0.2, 0) is 28.9 Å². The number of nitrogens with one attached hydrogen (secondary N) is 1. The third kappa shape index (κ3) is 6.01. The van der Waals surface area contributed by atoms with Gasteiger partial charge in [0.25, 0.3) is 0 Å². The fourth-order valence-electron chi connectivity index (χ4n) is 4.04. The predicted octanol–water partition coefficient (Wildman–Crippen LogP) is 5.82. The van der Waals surface area contributed by atoms with Crippen LogP contribution in [0.2, 0.25) is 0 Å². The van der Waals surface area contributed by atoms with Crippen LogP contribution in [0.5, 0.6) is 5.75 Å². The molecule has 2 heterocycles. The number of halogens is 1. The lowest BCUT2D eigenvalue weighted by atomic mass is 9.95. The molecule has 0 saturated heterocycles. The van der Waals surface area contributed by atoms with E-state index in [1.54, 1.807) is 6.08 Å². The molecule has 1 aliphatic carbocycles. The number of thioether (sulfide) groups is 1. The molecular formula is C25H27BrN4O4S2. The van der Waals surface area contributed by atoms with Gasteiger partial charge >= 0.3 is 5.97 Å². The number of nitrogens with zero attached hydrogens (tertiary/aromatic N) is 3. The van der Waals surface area contributed by atoms with Gasteiger partial charge in [-0.25, -0.2) is 4.79 Å². The van der Waals surface area contributed by atoms with Crippen LogP contribution in [0.25, 0.3) is 0 Å². The summed E-state index contributed by atoms with van der Waals surface area (Å²) in [5, 5.41) is 12.7. The van der Waals surface area contributed by atoms with Gasteiger partial charge in [-0.1, -0.05) is 33.8 Å². The van der Waals surface area contributed by atoms with Crippen molar-refractivity contribution in [2.75, 3.05) is 18.2 Å². The van der Waals surface area contributed by atoms with E-state index < -0.39 is 5.97 Å². The van der Waals surface area contributed by atoms with E-state index in [1.165, 1.54) is 30.2 Å². The number of hydrogen-bond acceptors (Lipinski definition) is 8. The molecule has 11 heteroatoms. The van der Waals surface area contributed by atoms with E-state index in [1.807, 2.05) is 35.8 Å². The molecule has 1 atom stereocenters. The number of carbonyl (C=O) groups is 2. The highest BCUT2D eigenvalue weighted by atomic mass is 79.9. The number of benzene rings is 1. The van der Waals surface area contributed by atoms with E-state index >= 15 is 0 Å². The van der Waals surface area contributed by atoms with Crippen molar-refractivity contribution in [1.29, 1.82) is 0 Å². The fraction of sp³-hybridized carbons (Fsp3) is 0.360. The lowest BCUT2D eigenvalue weighted by Gasteiger charge is -2.15. The van der Waals surface area contributed by atoms with E-state index in [0.717, 1.165) is 40.6 Å². The molecule has 1 aliphatic rings. The zero-order valence-corrected chi connectivity index (χ0v) is 23.3. The first-order valence-electron chi connectivity index (χ1n) is 11.5. The normalized spacial score (nSPS) is 13.5. The summed E-state index contributed by atoms with van der Waals surface area (Å²) < 4.78 is 13.9. The first kappa shape index (κ1) is 26.4. The van der Waals surface area contributed by atoms with Gasteiger partial charge < -0.3 is 14.8 Å². The molecule has 0 spiro atoms. The van der Waals surface area contributed by atoms with Gasteiger partial charge in [-0.15, -0.1) is 28.1 Å². The number of methoxy groups -OCH3 is 1. The average Bonchev–Trinajstić information content (AvgIpc) is 3.44. The molecule has 2 aromatic heterocycles. The molecule has 190 valence electrons. The monoisotopic (exact) mass is 590 g/mol. The third-order valence-corrected chi connectivity index (χ3v) is 8.40. The predicted molar refractivity (Wildman–Crippen MR) is 145 cm³/mol. The molecule has 1 N–H and O–H groups in total. The molecule has 0 fully saturated rings. The maximum atomic E-state index is 12.9. The lowest BCUT2D eigenvalue weighted by molar-refractivity contribution is -0.113. The first-order valence-corrected chi connectivity index (χ1v) is 14.1. The number of ether oxygens (including phenoxy) is 2. The van der Waals surface area contributed by atoms with Crippen molar-refractivity contribution in [2.45, 2.75) is 50.4 Å². The minimum absolute atomic E-state index is 0.112. The zero-order chi connectivity index (χ0) is 25.7. The number of aromatic nitrogens is 3. The lowest BCUT2D eigenvalue weighted by Crippen LogP contribution is -2.17. The number of esters is 1. The number of aryl methyl sites for hydroxylation is 1. The molecule has 1 unspecified atom stereocenters. The van der Waals surface area contributed by atoms with Crippen LogP contribution in [0.1, 0.15) is 52.5 Å². The van der Waals surface area contributed by atoms with Crippen molar-refractivity contribution in [1.82, 2.24) is 14.8 Å². The van der Waals surface area contributed by atoms with Gasteiger partial charge in [-0.05, 0) is 62.4 Å². The topological polar surface area (TPSA) is 95.3 Å². The fourth-order valence-corrected chi connectivity index (χ4v) is 6.36. The van der Waals surface area contributed by atoms with Gasteiger partial charge in [0.2, 0.25) is 5.91 Å². The number of amides is 1. The summed E-state index contributed by atoms with van der Waals surface area (Å²) in [5.74, 6) is 0.831. The van der Waals surface area contributed by atoms with Crippen molar-refractivity contribution in [2.24, 2.45) is 0 Å². The van der Waals surface area contributed by atoms with Crippen LogP contribution < -0.4 is 10.1 Å². The Labute approximate surface area is 226 Å². The van der Waals surface area contributed by atoms with Crippen LogP contribution in [-0.4, -0.2) is 39.5 Å². The second-order valence-corrected chi connectivity index (χ2v) is 11.2. The maximum Gasteiger partial charge on any atom is 0.341 e. The second-order valence-electron chi connectivity index (χ2n) is 8.20. The first-order chi connectivity index (χ1) is 17.4. The highest BCUT2D eigenvalue weighted by Crippen LogP contribution is 2.38. The SMILES string of the molecule is C=CCn1c(SCC(=O)Nc2sc3c(c2C(=O)OC)CCCC3)nnc1C(C)Oc1ccc(Br)cc1. The molecule has 4 rings (SSSR count). The summed E-state index contributed by atoms with van der Waals surface area (Å²) in [6.45, 7) is 6.21. The maximum absolute atomic E-state index is 12.9. The van der Waals surface area contributed by atoms with Crippen LogP contribution in [0.3, 0.4) is 0 Å². The Morgan fingerprint density at radius 3 is 2.75 bits per heavy atom. The summed E-state index contributed by atoms with van der Waals surface area (Å²) in [6, 6.07) is 7.57. The molecule has 1 aromatic carbocycles. The third-order valence-electron chi connectivity index (χ3n) is 5.69. The van der Waals surface area contributed by atoms with Crippen molar-refractivity contribution in [3.63, 3.8) is 0 Å². The molecule has 3 aromatic rings. The highest BCUT2D eigenvalue weighted by Gasteiger charge is 2.27. The molecule has 0 saturated carbocycles.